The third kappa shape index (κ3) is 4.53. The van der Waals surface area contributed by atoms with Crippen LogP contribution >= 0.6 is 0 Å². The maximum absolute atomic E-state index is 4.46. The zero-order chi connectivity index (χ0) is 17.9. The highest BCUT2D eigenvalue weighted by Crippen LogP contribution is 2.24. The Labute approximate surface area is 148 Å². The minimum Gasteiger partial charge on any atom is -0.339 e. The molecule has 0 aliphatic rings. The Balaban J connectivity index is 1.72. The van der Waals surface area contributed by atoms with Crippen molar-refractivity contribution in [2.24, 2.45) is 0 Å². The summed E-state index contributed by atoms with van der Waals surface area (Å²) in [5.41, 5.74) is 4.54. The number of hydrogen-bond acceptors (Lipinski definition) is 5. The van der Waals surface area contributed by atoms with Crippen molar-refractivity contribution in [1.82, 2.24) is 15.2 Å². The molecule has 25 heavy (non-hydrogen) atoms. The standard InChI is InChI=1S/C20H23N5/c1-14-5-9-17(10-6-14)23-19-24-18(13-21-25-19)22-16-11-7-15(8-12-16)20(2,3)4/h5-13H,1-4H3,(H2,22,23,24,25). The summed E-state index contributed by atoms with van der Waals surface area (Å²) in [7, 11) is 0. The first-order valence-corrected chi connectivity index (χ1v) is 8.31. The highest BCUT2D eigenvalue weighted by Gasteiger charge is 2.12. The lowest BCUT2D eigenvalue weighted by molar-refractivity contribution is 0.590. The molecule has 3 rings (SSSR count). The van der Waals surface area contributed by atoms with E-state index in [1.54, 1.807) is 6.20 Å². The van der Waals surface area contributed by atoms with E-state index in [-0.39, 0.29) is 5.41 Å². The minimum absolute atomic E-state index is 0.139. The van der Waals surface area contributed by atoms with Gasteiger partial charge < -0.3 is 10.6 Å². The van der Waals surface area contributed by atoms with Gasteiger partial charge in [-0.2, -0.15) is 10.1 Å². The van der Waals surface area contributed by atoms with Gasteiger partial charge in [0.15, 0.2) is 5.82 Å². The summed E-state index contributed by atoms with van der Waals surface area (Å²) >= 11 is 0. The topological polar surface area (TPSA) is 62.7 Å². The van der Waals surface area contributed by atoms with Crippen molar-refractivity contribution in [3.63, 3.8) is 0 Å². The first-order valence-electron chi connectivity index (χ1n) is 8.31. The molecule has 0 aliphatic heterocycles. The van der Waals surface area contributed by atoms with Gasteiger partial charge in [-0.15, -0.1) is 5.10 Å². The molecule has 1 heterocycles. The lowest BCUT2D eigenvalue weighted by atomic mass is 9.87. The van der Waals surface area contributed by atoms with Crippen LogP contribution < -0.4 is 10.6 Å². The second-order valence-corrected chi connectivity index (χ2v) is 7.11. The van der Waals surface area contributed by atoms with Crippen LogP contribution in [0.2, 0.25) is 0 Å². The van der Waals surface area contributed by atoms with Crippen molar-refractivity contribution in [2.75, 3.05) is 10.6 Å². The molecule has 0 bridgehead atoms. The number of aromatic nitrogens is 3. The predicted molar refractivity (Wildman–Crippen MR) is 103 cm³/mol. The molecule has 2 aromatic carbocycles. The first-order chi connectivity index (χ1) is 11.9. The lowest BCUT2D eigenvalue weighted by Crippen LogP contribution is -2.10. The largest absolute Gasteiger partial charge is 0.339 e. The van der Waals surface area contributed by atoms with E-state index < -0.39 is 0 Å². The third-order valence-corrected chi connectivity index (χ3v) is 3.89. The quantitative estimate of drug-likeness (QED) is 0.706. The highest BCUT2D eigenvalue weighted by atomic mass is 15.3. The number of nitrogens with zero attached hydrogens (tertiary/aromatic N) is 3. The van der Waals surface area contributed by atoms with Gasteiger partial charge in [0.25, 0.3) is 0 Å². The highest BCUT2D eigenvalue weighted by molar-refractivity contribution is 5.59. The van der Waals surface area contributed by atoms with Crippen LogP contribution in [0.5, 0.6) is 0 Å². The molecule has 0 saturated heterocycles. The summed E-state index contributed by atoms with van der Waals surface area (Å²) in [6, 6.07) is 16.4. The Morgan fingerprint density at radius 2 is 1.40 bits per heavy atom. The number of benzene rings is 2. The SMILES string of the molecule is Cc1ccc(Nc2nncc(Nc3ccc(C(C)(C)C)cc3)n2)cc1. The van der Waals surface area contributed by atoms with Crippen molar-refractivity contribution in [3.05, 3.63) is 65.9 Å². The van der Waals surface area contributed by atoms with Crippen molar-refractivity contribution in [3.8, 4) is 0 Å². The number of nitrogens with one attached hydrogen (secondary N) is 2. The Kier molecular flexibility index (Phi) is 4.65. The van der Waals surface area contributed by atoms with Crippen molar-refractivity contribution in [1.29, 1.82) is 0 Å². The van der Waals surface area contributed by atoms with E-state index >= 15 is 0 Å². The van der Waals surface area contributed by atoms with Gasteiger partial charge in [0.1, 0.15) is 0 Å². The second kappa shape index (κ2) is 6.89. The zero-order valence-corrected chi connectivity index (χ0v) is 15.0. The molecule has 1 aromatic heterocycles. The molecule has 0 fully saturated rings. The van der Waals surface area contributed by atoms with Crippen LogP contribution in [-0.2, 0) is 5.41 Å². The molecule has 0 aliphatic carbocycles. The Hall–Kier alpha value is -2.95. The lowest BCUT2D eigenvalue weighted by Gasteiger charge is -2.19. The number of aryl methyl sites for hydroxylation is 1. The summed E-state index contributed by atoms with van der Waals surface area (Å²) in [6.45, 7) is 8.66. The first kappa shape index (κ1) is 16.9. The van der Waals surface area contributed by atoms with Crippen LogP contribution in [0.15, 0.2) is 54.7 Å². The molecular formula is C20H23N5. The van der Waals surface area contributed by atoms with Crippen LogP contribution in [0.4, 0.5) is 23.1 Å². The molecule has 128 valence electrons. The van der Waals surface area contributed by atoms with Crippen LogP contribution in [-0.4, -0.2) is 15.2 Å². The van der Waals surface area contributed by atoms with E-state index in [0.717, 1.165) is 11.4 Å². The third-order valence-electron chi connectivity index (χ3n) is 3.89. The van der Waals surface area contributed by atoms with Gasteiger partial charge in [0, 0.05) is 11.4 Å². The summed E-state index contributed by atoms with van der Waals surface area (Å²) in [6.07, 6.45) is 1.61. The van der Waals surface area contributed by atoms with Gasteiger partial charge in [-0.3, -0.25) is 0 Å². The normalized spacial score (nSPS) is 11.2. The van der Waals surface area contributed by atoms with E-state index in [2.05, 4.69) is 77.8 Å². The van der Waals surface area contributed by atoms with Crippen molar-refractivity contribution >= 4 is 23.1 Å². The molecule has 0 radical (unpaired) electrons. The summed E-state index contributed by atoms with van der Waals surface area (Å²) < 4.78 is 0. The van der Waals surface area contributed by atoms with Gasteiger partial charge in [-0.25, -0.2) is 0 Å². The summed E-state index contributed by atoms with van der Waals surface area (Å²) in [5.74, 6) is 1.10. The minimum atomic E-state index is 0.139. The average molecular weight is 333 g/mol. The Morgan fingerprint density at radius 3 is 2.04 bits per heavy atom. The molecule has 5 heteroatoms. The molecule has 5 nitrogen and oxygen atoms in total. The van der Waals surface area contributed by atoms with E-state index in [1.165, 1.54) is 11.1 Å². The van der Waals surface area contributed by atoms with E-state index in [9.17, 15) is 0 Å². The van der Waals surface area contributed by atoms with Gasteiger partial charge in [-0.1, -0.05) is 50.6 Å². The summed E-state index contributed by atoms with van der Waals surface area (Å²) in [5, 5.41) is 14.5. The fourth-order valence-electron chi connectivity index (χ4n) is 2.38. The average Bonchev–Trinajstić information content (AvgIpc) is 2.57. The maximum atomic E-state index is 4.46. The summed E-state index contributed by atoms with van der Waals surface area (Å²) in [4.78, 5) is 4.46. The van der Waals surface area contributed by atoms with Crippen molar-refractivity contribution in [2.45, 2.75) is 33.1 Å². The number of rotatable bonds is 4. The van der Waals surface area contributed by atoms with Crippen LogP contribution in [0.25, 0.3) is 0 Å². The van der Waals surface area contributed by atoms with Gasteiger partial charge in [0.05, 0.1) is 6.20 Å². The van der Waals surface area contributed by atoms with Crippen LogP contribution in [0, 0.1) is 6.92 Å². The Morgan fingerprint density at radius 1 is 0.800 bits per heavy atom. The fraction of sp³-hybridized carbons (Fsp3) is 0.250. The molecule has 2 N–H and O–H groups in total. The molecule has 0 amide bonds. The van der Waals surface area contributed by atoms with Crippen LogP contribution in [0.3, 0.4) is 0 Å². The molecule has 0 unspecified atom stereocenters. The van der Waals surface area contributed by atoms with E-state index in [4.69, 9.17) is 0 Å². The number of hydrogen-bond donors (Lipinski definition) is 2. The smallest absolute Gasteiger partial charge is 0.249 e. The molecule has 0 spiro atoms. The van der Waals surface area contributed by atoms with E-state index in [0.29, 0.717) is 11.8 Å². The monoisotopic (exact) mass is 333 g/mol. The molecule has 0 saturated carbocycles. The fourth-order valence-corrected chi connectivity index (χ4v) is 2.38. The van der Waals surface area contributed by atoms with Crippen LogP contribution in [0.1, 0.15) is 31.9 Å². The molecular weight excluding hydrogens is 310 g/mol. The van der Waals surface area contributed by atoms with Gasteiger partial charge in [0.2, 0.25) is 5.95 Å². The van der Waals surface area contributed by atoms with Gasteiger partial charge >= 0.3 is 0 Å². The maximum Gasteiger partial charge on any atom is 0.249 e. The van der Waals surface area contributed by atoms with Gasteiger partial charge in [-0.05, 0) is 42.2 Å². The molecule has 0 atom stereocenters. The Bertz CT molecular complexity index is 833. The number of anilines is 4. The zero-order valence-electron chi connectivity index (χ0n) is 15.0. The predicted octanol–water partition coefficient (Wildman–Crippen LogP) is 4.96. The van der Waals surface area contributed by atoms with Crippen molar-refractivity contribution < 1.29 is 0 Å². The van der Waals surface area contributed by atoms with E-state index in [1.807, 2.05) is 24.3 Å². The second-order valence-electron chi connectivity index (χ2n) is 7.11. The molecule has 3 aromatic rings.